The summed E-state index contributed by atoms with van der Waals surface area (Å²) >= 11 is 0. The first-order valence-corrected chi connectivity index (χ1v) is 8.18. The van der Waals surface area contributed by atoms with Crippen LogP contribution in [0.1, 0.15) is 11.1 Å². The molecule has 126 valence electrons. The number of hydrogen-bond donors (Lipinski definition) is 0. The molecule has 0 aliphatic carbocycles. The van der Waals surface area contributed by atoms with Crippen LogP contribution in [0.25, 0.3) is 0 Å². The number of ether oxygens (including phenoxy) is 3. The summed E-state index contributed by atoms with van der Waals surface area (Å²) in [4.78, 5) is 12.2. The SMILES string of the molecule is COCOc1ccccc1C[C@H]1C(=O)OC[C@@H]1Cc1ccccc1. The Labute approximate surface area is 142 Å². The van der Waals surface area contributed by atoms with Gasteiger partial charge in [0.15, 0.2) is 6.79 Å². The maximum atomic E-state index is 12.2. The average molecular weight is 326 g/mol. The molecule has 24 heavy (non-hydrogen) atoms. The molecule has 3 rings (SSSR count). The lowest BCUT2D eigenvalue weighted by Gasteiger charge is -2.17. The van der Waals surface area contributed by atoms with Crippen molar-refractivity contribution < 1.29 is 19.0 Å². The number of hydrogen-bond acceptors (Lipinski definition) is 4. The molecule has 2 aromatic rings. The van der Waals surface area contributed by atoms with Gasteiger partial charge in [-0.15, -0.1) is 0 Å². The van der Waals surface area contributed by atoms with Crippen LogP contribution in [0.5, 0.6) is 5.75 Å². The van der Waals surface area contributed by atoms with E-state index in [9.17, 15) is 4.79 Å². The molecule has 0 unspecified atom stereocenters. The predicted molar refractivity (Wildman–Crippen MR) is 90.7 cm³/mol. The highest BCUT2D eigenvalue weighted by molar-refractivity contribution is 5.75. The van der Waals surface area contributed by atoms with Crippen LogP contribution in [0.15, 0.2) is 54.6 Å². The number of cyclic esters (lactones) is 1. The Balaban J connectivity index is 1.73. The third-order valence-corrected chi connectivity index (χ3v) is 4.40. The van der Waals surface area contributed by atoms with E-state index in [1.54, 1.807) is 7.11 Å². The lowest BCUT2D eigenvalue weighted by atomic mass is 9.85. The molecule has 0 saturated carbocycles. The largest absolute Gasteiger partial charge is 0.467 e. The van der Waals surface area contributed by atoms with Gasteiger partial charge in [-0.05, 0) is 30.0 Å². The third-order valence-electron chi connectivity index (χ3n) is 4.40. The van der Waals surface area contributed by atoms with E-state index in [-0.39, 0.29) is 24.6 Å². The second-order valence-electron chi connectivity index (χ2n) is 6.05. The maximum absolute atomic E-state index is 12.2. The number of carbonyl (C=O) groups is 1. The van der Waals surface area contributed by atoms with E-state index < -0.39 is 0 Å². The number of carbonyl (C=O) groups excluding carboxylic acids is 1. The molecule has 0 spiro atoms. The van der Waals surface area contributed by atoms with Crippen molar-refractivity contribution in [3.63, 3.8) is 0 Å². The first kappa shape index (κ1) is 16.5. The van der Waals surface area contributed by atoms with Gasteiger partial charge in [0.2, 0.25) is 0 Å². The molecule has 0 radical (unpaired) electrons. The quantitative estimate of drug-likeness (QED) is 0.579. The van der Waals surface area contributed by atoms with Gasteiger partial charge in [-0.3, -0.25) is 4.79 Å². The van der Waals surface area contributed by atoms with Crippen molar-refractivity contribution in [3.05, 3.63) is 65.7 Å². The van der Waals surface area contributed by atoms with Gasteiger partial charge in [-0.1, -0.05) is 48.5 Å². The lowest BCUT2D eigenvalue weighted by Crippen LogP contribution is -2.21. The first-order valence-electron chi connectivity index (χ1n) is 8.18. The van der Waals surface area contributed by atoms with E-state index in [0.29, 0.717) is 13.0 Å². The molecule has 2 aromatic carbocycles. The molecule has 2 atom stereocenters. The van der Waals surface area contributed by atoms with E-state index in [1.807, 2.05) is 42.5 Å². The molecule has 1 fully saturated rings. The molecular weight excluding hydrogens is 304 g/mol. The summed E-state index contributed by atoms with van der Waals surface area (Å²) < 4.78 is 15.9. The Morgan fingerprint density at radius 2 is 1.79 bits per heavy atom. The van der Waals surface area contributed by atoms with Crippen molar-refractivity contribution in [2.75, 3.05) is 20.5 Å². The van der Waals surface area contributed by atoms with Crippen LogP contribution in [-0.4, -0.2) is 26.5 Å². The summed E-state index contributed by atoms with van der Waals surface area (Å²) in [6, 6.07) is 18.0. The molecular formula is C20H22O4. The van der Waals surface area contributed by atoms with E-state index in [0.717, 1.165) is 17.7 Å². The van der Waals surface area contributed by atoms with Crippen LogP contribution in [-0.2, 0) is 27.1 Å². The third kappa shape index (κ3) is 3.95. The minimum atomic E-state index is -0.141. The van der Waals surface area contributed by atoms with E-state index in [4.69, 9.17) is 14.2 Å². The molecule has 4 nitrogen and oxygen atoms in total. The number of rotatable bonds is 7. The van der Waals surface area contributed by atoms with Gasteiger partial charge in [0.1, 0.15) is 5.75 Å². The Morgan fingerprint density at radius 3 is 2.58 bits per heavy atom. The second-order valence-corrected chi connectivity index (χ2v) is 6.05. The summed E-state index contributed by atoms with van der Waals surface area (Å²) in [5.74, 6) is 0.697. The molecule has 0 bridgehead atoms. The smallest absolute Gasteiger partial charge is 0.309 e. The molecule has 0 N–H and O–H groups in total. The van der Waals surface area contributed by atoms with E-state index in [1.165, 1.54) is 5.56 Å². The van der Waals surface area contributed by atoms with E-state index in [2.05, 4.69) is 12.1 Å². The zero-order valence-electron chi connectivity index (χ0n) is 13.8. The molecule has 4 heteroatoms. The summed E-state index contributed by atoms with van der Waals surface area (Å²) in [6.07, 6.45) is 1.47. The van der Waals surface area contributed by atoms with Crippen LogP contribution in [0, 0.1) is 11.8 Å². The fourth-order valence-electron chi connectivity index (χ4n) is 3.15. The van der Waals surface area contributed by atoms with Crippen molar-refractivity contribution in [2.45, 2.75) is 12.8 Å². The van der Waals surface area contributed by atoms with Crippen molar-refractivity contribution in [1.82, 2.24) is 0 Å². The summed E-state index contributed by atoms with van der Waals surface area (Å²) in [5.41, 5.74) is 2.24. The molecule has 1 heterocycles. The highest BCUT2D eigenvalue weighted by atomic mass is 16.7. The van der Waals surface area contributed by atoms with Gasteiger partial charge in [-0.2, -0.15) is 0 Å². The molecule has 0 aromatic heterocycles. The fourth-order valence-corrected chi connectivity index (χ4v) is 3.15. The van der Waals surface area contributed by atoms with Gasteiger partial charge in [-0.25, -0.2) is 0 Å². The Hall–Kier alpha value is -2.33. The van der Waals surface area contributed by atoms with Gasteiger partial charge in [0.05, 0.1) is 12.5 Å². The fraction of sp³-hybridized carbons (Fsp3) is 0.350. The van der Waals surface area contributed by atoms with Crippen LogP contribution < -0.4 is 4.74 Å². The monoisotopic (exact) mass is 326 g/mol. The van der Waals surface area contributed by atoms with Crippen molar-refractivity contribution in [3.8, 4) is 5.75 Å². The topological polar surface area (TPSA) is 44.8 Å². The average Bonchev–Trinajstić information content (AvgIpc) is 2.95. The lowest BCUT2D eigenvalue weighted by molar-refractivity contribution is -0.141. The van der Waals surface area contributed by atoms with Gasteiger partial charge < -0.3 is 14.2 Å². The molecule has 0 amide bonds. The Morgan fingerprint density at radius 1 is 1.04 bits per heavy atom. The Bertz CT molecular complexity index is 668. The first-order chi connectivity index (χ1) is 11.8. The molecule has 1 aliphatic rings. The number of para-hydroxylation sites is 1. The van der Waals surface area contributed by atoms with E-state index >= 15 is 0 Å². The zero-order chi connectivity index (χ0) is 16.8. The zero-order valence-corrected chi connectivity index (χ0v) is 13.8. The molecule has 1 aliphatic heterocycles. The highest BCUT2D eigenvalue weighted by Gasteiger charge is 2.37. The highest BCUT2D eigenvalue weighted by Crippen LogP contribution is 2.31. The van der Waals surface area contributed by atoms with Crippen LogP contribution in [0.3, 0.4) is 0 Å². The van der Waals surface area contributed by atoms with Gasteiger partial charge >= 0.3 is 5.97 Å². The van der Waals surface area contributed by atoms with Gasteiger partial charge in [0.25, 0.3) is 0 Å². The number of benzene rings is 2. The summed E-state index contributed by atoms with van der Waals surface area (Å²) in [5, 5.41) is 0. The normalized spacial score (nSPS) is 20.0. The number of methoxy groups -OCH3 is 1. The molecule has 1 saturated heterocycles. The standard InChI is InChI=1S/C20H22O4/c1-22-14-24-19-10-6-5-9-16(19)12-18-17(13-23-20(18)21)11-15-7-3-2-4-8-15/h2-10,17-18H,11-14H2,1H3/t17-,18+/m0/s1. The second kappa shape index (κ2) is 7.97. The Kier molecular flexibility index (Phi) is 5.49. The minimum absolute atomic E-state index is 0.113. The van der Waals surface area contributed by atoms with Crippen LogP contribution in [0.4, 0.5) is 0 Å². The van der Waals surface area contributed by atoms with Crippen molar-refractivity contribution >= 4 is 5.97 Å². The van der Waals surface area contributed by atoms with Gasteiger partial charge in [0, 0.05) is 13.0 Å². The maximum Gasteiger partial charge on any atom is 0.309 e. The van der Waals surface area contributed by atoms with Crippen LogP contribution in [0.2, 0.25) is 0 Å². The number of esters is 1. The predicted octanol–water partition coefficient (Wildman–Crippen LogP) is 3.24. The van der Waals surface area contributed by atoms with Crippen molar-refractivity contribution in [1.29, 1.82) is 0 Å². The van der Waals surface area contributed by atoms with Crippen LogP contribution >= 0.6 is 0 Å². The summed E-state index contributed by atoms with van der Waals surface area (Å²) in [6.45, 7) is 0.680. The minimum Gasteiger partial charge on any atom is -0.467 e. The summed E-state index contributed by atoms with van der Waals surface area (Å²) in [7, 11) is 1.59. The van der Waals surface area contributed by atoms with Crippen molar-refractivity contribution in [2.24, 2.45) is 11.8 Å².